The normalized spacial score (nSPS) is 29.8. The summed E-state index contributed by atoms with van der Waals surface area (Å²) >= 11 is 0. The molecule has 5 nitrogen and oxygen atoms in total. The Kier molecular flexibility index (Phi) is 4.69. The van der Waals surface area contributed by atoms with E-state index in [2.05, 4.69) is 17.1 Å². The van der Waals surface area contributed by atoms with E-state index in [4.69, 9.17) is 9.47 Å². The van der Waals surface area contributed by atoms with Gasteiger partial charge in [-0.3, -0.25) is 0 Å². The highest BCUT2D eigenvalue weighted by molar-refractivity contribution is 5.75. The zero-order valence-electron chi connectivity index (χ0n) is 13.1. The Morgan fingerprint density at radius 3 is 2.57 bits per heavy atom. The maximum absolute atomic E-state index is 12.5. The minimum Gasteiger partial charge on any atom is -0.348 e. The molecule has 3 rings (SSSR count). The van der Waals surface area contributed by atoms with Gasteiger partial charge in [-0.15, -0.1) is 0 Å². The van der Waals surface area contributed by atoms with Gasteiger partial charge in [0.2, 0.25) is 0 Å². The number of rotatable bonds is 2. The fourth-order valence-corrected chi connectivity index (χ4v) is 3.94. The van der Waals surface area contributed by atoms with Crippen molar-refractivity contribution < 1.29 is 14.3 Å². The first kappa shape index (κ1) is 15.1. The van der Waals surface area contributed by atoms with E-state index in [0.29, 0.717) is 19.3 Å². The molecule has 0 aromatic carbocycles. The number of ether oxygens (including phenoxy) is 2. The molecule has 1 N–H and O–H groups in total. The Morgan fingerprint density at radius 1 is 1.19 bits per heavy atom. The van der Waals surface area contributed by atoms with Crippen molar-refractivity contribution in [1.82, 2.24) is 10.2 Å². The Morgan fingerprint density at radius 2 is 1.90 bits per heavy atom. The lowest BCUT2D eigenvalue weighted by Gasteiger charge is -2.39. The van der Waals surface area contributed by atoms with E-state index < -0.39 is 0 Å². The van der Waals surface area contributed by atoms with Crippen LogP contribution < -0.4 is 5.32 Å². The SMILES string of the molecule is CCC1CCCCN1C(=O)NC1CCC2(CC1)OCCO2. The van der Waals surface area contributed by atoms with Gasteiger partial charge in [0.25, 0.3) is 0 Å². The first-order valence-electron chi connectivity index (χ1n) is 8.57. The zero-order valence-corrected chi connectivity index (χ0v) is 13.1. The second-order valence-electron chi connectivity index (χ2n) is 6.58. The van der Waals surface area contributed by atoms with Crippen molar-refractivity contribution in [3.05, 3.63) is 0 Å². The monoisotopic (exact) mass is 296 g/mol. The van der Waals surface area contributed by atoms with Crippen LogP contribution in [0.5, 0.6) is 0 Å². The van der Waals surface area contributed by atoms with Crippen molar-refractivity contribution in [1.29, 1.82) is 0 Å². The quantitative estimate of drug-likeness (QED) is 0.852. The second kappa shape index (κ2) is 6.53. The van der Waals surface area contributed by atoms with Crippen LogP contribution in [0.4, 0.5) is 4.79 Å². The number of nitrogens with one attached hydrogen (secondary N) is 1. The van der Waals surface area contributed by atoms with Crippen molar-refractivity contribution in [2.75, 3.05) is 19.8 Å². The smallest absolute Gasteiger partial charge is 0.317 e. The third kappa shape index (κ3) is 3.34. The van der Waals surface area contributed by atoms with Gasteiger partial charge in [0.05, 0.1) is 13.2 Å². The average Bonchev–Trinajstić information content (AvgIpc) is 2.98. The second-order valence-corrected chi connectivity index (χ2v) is 6.58. The van der Waals surface area contributed by atoms with Gasteiger partial charge < -0.3 is 19.7 Å². The van der Waals surface area contributed by atoms with Crippen molar-refractivity contribution in [2.24, 2.45) is 0 Å². The number of urea groups is 1. The van der Waals surface area contributed by atoms with Gasteiger partial charge in [-0.2, -0.15) is 0 Å². The molecule has 3 aliphatic rings. The average molecular weight is 296 g/mol. The molecule has 3 fully saturated rings. The molecule has 0 bridgehead atoms. The Hall–Kier alpha value is -0.810. The lowest BCUT2D eigenvalue weighted by molar-refractivity contribution is -0.179. The van der Waals surface area contributed by atoms with Crippen LogP contribution in [0.3, 0.4) is 0 Å². The molecule has 1 atom stereocenters. The number of amides is 2. The van der Waals surface area contributed by atoms with Crippen molar-refractivity contribution >= 4 is 6.03 Å². The van der Waals surface area contributed by atoms with Crippen LogP contribution in [0.25, 0.3) is 0 Å². The largest absolute Gasteiger partial charge is 0.348 e. The molecule has 0 aromatic rings. The maximum atomic E-state index is 12.5. The van der Waals surface area contributed by atoms with Crippen molar-refractivity contribution in [3.63, 3.8) is 0 Å². The molecule has 1 saturated carbocycles. The standard InChI is InChI=1S/C16H28N2O3/c1-2-14-5-3-4-10-18(14)15(19)17-13-6-8-16(9-7-13)20-11-12-21-16/h13-14H,2-12H2,1H3,(H,17,19). The Balaban J connectivity index is 1.49. The molecule has 0 radical (unpaired) electrons. The highest BCUT2D eigenvalue weighted by atomic mass is 16.7. The molecule has 2 saturated heterocycles. The summed E-state index contributed by atoms with van der Waals surface area (Å²) in [6.07, 6.45) is 8.31. The van der Waals surface area contributed by atoms with Crippen LogP contribution in [0, 0.1) is 0 Å². The Bertz CT molecular complexity index is 359. The maximum Gasteiger partial charge on any atom is 0.317 e. The highest BCUT2D eigenvalue weighted by Crippen LogP contribution is 2.35. The van der Waals surface area contributed by atoms with Crippen LogP contribution in [-0.2, 0) is 9.47 Å². The summed E-state index contributed by atoms with van der Waals surface area (Å²) in [4.78, 5) is 14.6. The molecule has 2 amide bonds. The number of carbonyl (C=O) groups excluding carboxylic acids is 1. The fourth-order valence-electron chi connectivity index (χ4n) is 3.94. The predicted molar refractivity (Wildman–Crippen MR) is 80.1 cm³/mol. The summed E-state index contributed by atoms with van der Waals surface area (Å²) < 4.78 is 11.5. The van der Waals surface area contributed by atoms with Crippen LogP contribution in [-0.4, -0.2) is 48.6 Å². The van der Waals surface area contributed by atoms with Gasteiger partial charge in [-0.1, -0.05) is 6.92 Å². The van der Waals surface area contributed by atoms with Gasteiger partial charge in [0.15, 0.2) is 5.79 Å². The van der Waals surface area contributed by atoms with Gasteiger partial charge in [-0.25, -0.2) is 4.79 Å². The highest BCUT2D eigenvalue weighted by Gasteiger charge is 2.41. The predicted octanol–water partition coefficient (Wildman–Crippen LogP) is 2.65. The number of hydrogen-bond acceptors (Lipinski definition) is 3. The molecular formula is C16H28N2O3. The summed E-state index contributed by atoms with van der Waals surface area (Å²) in [7, 11) is 0. The lowest BCUT2D eigenvalue weighted by Crippen LogP contribution is -2.52. The number of nitrogens with zero attached hydrogens (tertiary/aromatic N) is 1. The van der Waals surface area contributed by atoms with Gasteiger partial charge in [0, 0.05) is 31.5 Å². The summed E-state index contributed by atoms with van der Waals surface area (Å²) in [5, 5.41) is 3.24. The summed E-state index contributed by atoms with van der Waals surface area (Å²) in [5.74, 6) is -0.335. The number of piperidine rings is 1. The van der Waals surface area contributed by atoms with E-state index in [9.17, 15) is 4.79 Å². The van der Waals surface area contributed by atoms with Gasteiger partial charge >= 0.3 is 6.03 Å². The van der Waals surface area contributed by atoms with Crippen LogP contribution >= 0.6 is 0 Å². The number of likely N-dealkylation sites (tertiary alicyclic amines) is 1. The van der Waals surface area contributed by atoms with E-state index in [-0.39, 0.29) is 17.9 Å². The van der Waals surface area contributed by atoms with Crippen molar-refractivity contribution in [3.8, 4) is 0 Å². The third-order valence-electron chi connectivity index (χ3n) is 5.25. The molecule has 5 heteroatoms. The molecule has 2 aliphatic heterocycles. The Labute approximate surface area is 127 Å². The minimum atomic E-state index is -0.335. The van der Waals surface area contributed by atoms with E-state index in [1.165, 1.54) is 6.42 Å². The first-order chi connectivity index (χ1) is 10.2. The zero-order chi connectivity index (χ0) is 14.7. The van der Waals surface area contributed by atoms with Crippen LogP contribution in [0.15, 0.2) is 0 Å². The molecule has 120 valence electrons. The number of carbonyl (C=O) groups is 1. The third-order valence-corrected chi connectivity index (χ3v) is 5.25. The first-order valence-corrected chi connectivity index (χ1v) is 8.57. The lowest BCUT2D eigenvalue weighted by atomic mass is 9.90. The van der Waals surface area contributed by atoms with Crippen molar-refractivity contribution in [2.45, 2.75) is 76.2 Å². The van der Waals surface area contributed by atoms with E-state index >= 15 is 0 Å². The molecule has 1 spiro atoms. The summed E-state index contributed by atoms with van der Waals surface area (Å²) in [6, 6.07) is 0.835. The van der Waals surface area contributed by atoms with E-state index in [0.717, 1.165) is 51.5 Å². The molecule has 2 heterocycles. The van der Waals surface area contributed by atoms with Gasteiger partial charge in [0.1, 0.15) is 0 Å². The van der Waals surface area contributed by atoms with E-state index in [1.54, 1.807) is 0 Å². The molecule has 21 heavy (non-hydrogen) atoms. The van der Waals surface area contributed by atoms with Crippen LogP contribution in [0.2, 0.25) is 0 Å². The minimum absolute atomic E-state index is 0.135. The molecule has 1 unspecified atom stereocenters. The molecule has 1 aliphatic carbocycles. The number of hydrogen-bond donors (Lipinski definition) is 1. The topological polar surface area (TPSA) is 50.8 Å². The summed E-state index contributed by atoms with van der Waals surface area (Å²) in [6.45, 7) is 4.51. The molecular weight excluding hydrogens is 268 g/mol. The van der Waals surface area contributed by atoms with Gasteiger partial charge in [-0.05, 0) is 38.5 Å². The molecule has 0 aromatic heterocycles. The van der Waals surface area contributed by atoms with E-state index in [1.807, 2.05) is 0 Å². The summed E-state index contributed by atoms with van der Waals surface area (Å²) in [5.41, 5.74) is 0. The van der Waals surface area contributed by atoms with Crippen LogP contribution in [0.1, 0.15) is 58.3 Å². The fraction of sp³-hybridized carbons (Fsp3) is 0.938.